The van der Waals surface area contributed by atoms with Crippen LogP contribution in [-0.2, 0) is 0 Å². The number of benzene rings is 2. The quantitative estimate of drug-likeness (QED) is 0.332. The van der Waals surface area contributed by atoms with E-state index in [1.54, 1.807) is 24.4 Å². The molecule has 0 saturated carbocycles. The van der Waals surface area contributed by atoms with Crippen molar-refractivity contribution in [3.63, 3.8) is 0 Å². The van der Waals surface area contributed by atoms with Crippen molar-refractivity contribution in [1.82, 2.24) is 10.3 Å². The van der Waals surface area contributed by atoms with Gasteiger partial charge in [0.15, 0.2) is 5.11 Å². The summed E-state index contributed by atoms with van der Waals surface area (Å²) in [6, 6.07) is 23.8. The largest absolute Gasteiger partial charge is 0.459 e. The molecule has 31 heavy (non-hydrogen) atoms. The second kappa shape index (κ2) is 8.24. The van der Waals surface area contributed by atoms with Crippen LogP contribution < -0.4 is 10.2 Å². The van der Waals surface area contributed by atoms with Gasteiger partial charge in [0.2, 0.25) is 0 Å². The minimum absolute atomic E-state index is 0.220. The molecule has 2 atom stereocenters. The number of halogens is 2. The molecule has 0 bridgehead atoms. The number of nitrogens with zero attached hydrogens (tertiary/aromatic N) is 2. The van der Waals surface area contributed by atoms with Crippen molar-refractivity contribution in [3.05, 3.63) is 107 Å². The van der Waals surface area contributed by atoms with E-state index < -0.39 is 0 Å². The van der Waals surface area contributed by atoms with Gasteiger partial charge in [0, 0.05) is 16.4 Å². The monoisotopic (exact) mass is 493 g/mol. The molecule has 0 spiro atoms. The predicted octanol–water partition coefficient (Wildman–Crippen LogP) is 6.42. The van der Waals surface area contributed by atoms with Crippen LogP contribution in [0.3, 0.4) is 0 Å². The van der Waals surface area contributed by atoms with Gasteiger partial charge in [-0.05, 0) is 66.8 Å². The van der Waals surface area contributed by atoms with Crippen molar-refractivity contribution in [2.45, 2.75) is 12.1 Å². The molecule has 4 nitrogen and oxygen atoms in total. The highest BCUT2D eigenvalue weighted by atomic mass is 79.9. The molecule has 1 saturated heterocycles. The van der Waals surface area contributed by atoms with Crippen LogP contribution in [0.15, 0.2) is 93.9 Å². The Morgan fingerprint density at radius 2 is 1.81 bits per heavy atom. The third kappa shape index (κ3) is 3.75. The maximum Gasteiger partial charge on any atom is 0.174 e. The fourth-order valence-electron chi connectivity index (χ4n) is 3.86. The Labute approximate surface area is 192 Å². The van der Waals surface area contributed by atoms with Crippen LogP contribution in [-0.4, -0.2) is 10.1 Å². The van der Waals surface area contributed by atoms with Gasteiger partial charge < -0.3 is 14.6 Å². The number of hydrogen-bond acceptors (Lipinski definition) is 3. The van der Waals surface area contributed by atoms with Crippen LogP contribution in [0.4, 0.5) is 10.1 Å². The van der Waals surface area contributed by atoms with Crippen molar-refractivity contribution in [1.29, 1.82) is 0 Å². The lowest BCUT2D eigenvalue weighted by molar-refractivity contribution is 0.438. The summed E-state index contributed by atoms with van der Waals surface area (Å²) >= 11 is 8.99. The van der Waals surface area contributed by atoms with E-state index in [-0.39, 0.29) is 17.9 Å². The van der Waals surface area contributed by atoms with Gasteiger partial charge in [-0.15, -0.1) is 0 Å². The Morgan fingerprint density at radius 3 is 2.55 bits per heavy atom. The van der Waals surface area contributed by atoms with E-state index in [4.69, 9.17) is 16.6 Å². The van der Waals surface area contributed by atoms with Gasteiger partial charge in [-0.25, -0.2) is 4.39 Å². The zero-order valence-electron chi connectivity index (χ0n) is 16.2. The first-order chi connectivity index (χ1) is 15.1. The van der Waals surface area contributed by atoms with E-state index in [2.05, 4.69) is 26.2 Å². The smallest absolute Gasteiger partial charge is 0.174 e. The Morgan fingerprint density at radius 1 is 1.00 bits per heavy atom. The zero-order valence-corrected chi connectivity index (χ0v) is 18.6. The number of hydrogen-bond donors (Lipinski definition) is 1. The summed E-state index contributed by atoms with van der Waals surface area (Å²) in [5.41, 5.74) is 2.20. The second-order valence-corrected chi connectivity index (χ2v) is 8.46. The van der Waals surface area contributed by atoms with E-state index >= 15 is 0 Å². The van der Waals surface area contributed by atoms with Crippen LogP contribution in [0.2, 0.25) is 0 Å². The molecule has 2 aromatic heterocycles. The van der Waals surface area contributed by atoms with Gasteiger partial charge in [-0.1, -0.05) is 40.2 Å². The summed E-state index contributed by atoms with van der Waals surface area (Å²) in [7, 11) is 0. The summed E-state index contributed by atoms with van der Waals surface area (Å²) in [6.07, 6.45) is 1.76. The zero-order chi connectivity index (χ0) is 21.4. The molecular weight excluding hydrogens is 477 g/mol. The Bertz CT molecular complexity index is 1230. The third-order valence-corrected chi connectivity index (χ3v) is 6.06. The van der Waals surface area contributed by atoms with Gasteiger partial charge in [-0.2, -0.15) is 0 Å². The molecule has 154 valence electrons. The van der Waals surface area contributed by atoms with Crippen molar-refractivity contribution in [2.75, 3.05) is 4.90 Å². The van der Waals surface area contributed by atoms with Crippen LogP contribution in [0.1, 0.15) is 23.5 Å². The van der Waals surface area contributed by atoms with Crippen molar-refractivity contribution < 1.29 is 8.81 Å². The predicted molar refractivity (Wildman–Crippen MR) is 126 cm³/mol. The lowest BCUT2D eigenvalue weighted by atomic mass is 10.0. The van der Waals surface area contributed by atoms with E-state index in [0.29, 0.717) is 26.7 Å². The number of furan rings is 1. The van der Waals surface area contributed by atoms with Gasteiger partial charge in [0.25, 0.3) is 0 Å². The molecule has 7 heteroatoms. The van der Waals surface area contributed by atoms with Gasteiger partial charge in [0.1, 0.15) is 23.4 Å². The minimum Gasteiger partial charge on any atom is -0.459 e. The lowest BCUT2D eigenvalue weighted by Gasteiger charge is -2.26. The molecule has 3 heterocycles. The molecule has 1 aliphatic rings. The fraction of sp³-hybridized carbons (Fsp3) is 0.0833. The summed E-state index contributed by atoms with van der Waals surface area (Å²) in [6.45, 7) is 0. The average molecular weight is 494 g/mol. The van der Waals surface area contributed by atoms with Gasteiger partial charge >= 0.3 is 0 Å². The average Bonchev–Trinajstić information content (AvgIpc) is 3.39. The molecule has 1 N–H and O–H groups in total. The van der Waals surface area contributed by atoms with Crippen LogP contribution in [0, 0.1) is 5.82 Å². The molecule has 1 aliphatic heterocycles. The van der Waals surface area contributed by atoms with Crippen molar-refractivity contribution in [3.8, 4) is 11.3 Å². The van der Waals surface area contributed by atoms with Gasteiger partial charge in [0.05, 0.1) is 17.3 Å². The van der Waals surface area contributed by atoms with E-state index in [1.165, 1.54) is 6.07 Å². The second-order valence-electron chi connectivity index (χ2n) is 7.16. The summed E-state index contributed by atoms with van der Waals surface area (Å²) in [4.78, 5) is 6.56. The maximum absolute atomic E-state index is 14.5. The number of para-hydroxylation sites is 1. The first-order valence-corrected chi connectivity index (χ1v) is 10.9. The van der Waals surface area contributed by atoms with Crippen molar-refractivity contribution in [2.24, 2.45) is 0 Å². The Hall–Kier alpha value is -3.03. The first-order valence-electron chi connectivity index (χ1n) is 9.72. The molecule has 1 fully saturated rings. The topological polar surface area (TPSA) is 41.3 Å². The third-order valence-electron chi connectivity index (χ3n) is 5.25. The maximum atomic E-state index is 14.5. The number of aromatic nitrogens is 1. The van der Waals surface area contributed by atoms with Crippen LogP contribution in [0.25, 0.3) is 11.3 Å². The normalized spacial score (nSPS) is 18.3. The highest BCUT2D eigenvalue weighted by Crippen LogP contribution is 2.43. The Kier molecular flexibility index (Phi) is 5.29. The highest BCUT2D eigenvalue weighted by molar-refractivity contribution is 9.10. The molecular formula is C24H17BrFN3OS. The van der Waals surface area contributed by atoms with Crippen LogP contribution >= 0.6 is 28.1 Å². The SMILES string of the molecule is Fc1cc(Br)ccc1-c1ccc(C2C(c3ccccn3)NC(=S)N2c2ccccc2)o1. The number of pyridine rings is 1. The standard InChI is InChI=1S/C24H17BrFN3OS/c25-15-9-10-17(18(26)14-15)20-11-12-21(30-20)23-22(19-8-4-5-13-27-19)28-24(31)29(23)16-6-2-1-3-7-16/h1-14,22-23H,(H,28,31). The summed E-state index contributed by atoms with van der Waals surface area (Å²) in [5, 5.41) is 3.97. The molecule has 2 unspecified atom stereocenters. The highest BCUT2D eigenvalue weighted by Gasteiger charge is 2.42. The lowest BCUT2D eigenvalue weighted by Crippen LogP contribution is -2.29. The minimum atomic E-state index is -0.350. The molecule has 2 aromatic carbocycles. The number of rotatable bonds is 4. The van der Waals surface area contributed by atoms with E-state index in [1.807, 2.05) is 59.5 Å². The number of nitrogens with one attached hydrogen (secondary N) is 1. The summed E-state index contributed by atoms with van der Waals surface area (Å²) in [5.74, 6) is 0.784. The molecule has 0 aliphatic carbocycles. The van der Waals surface area contributed by atoms with Gasteiger partial charge in [-0.3, -0.25) is 4.98 Å². The molecule has 0 amide bonds. The van der Waals surface area contributed by atoms with Crippen LogP contribution in [0.5, 0.6) is 0 Å². The first kappa shape index (κ1) is 19.9. The molecule has 4 aromatic rings. The summed E-state index contributed by atoms with van der Waals surface area (Å²) < 4.78 is 21.4. The molecule has 5 rings (SSSR count). The van der Waals surface area contributed by atoms with E-state index in [0.717, 1.165) is 11.4 Å². The van der Waals surface area contributed by atoms with E-state index in [9.17, 15) is 4.39 Å². The molecule has 0 radical (unpaired) electrons. The Balaban J connectivity index is 1.60. The fourth-order valence-corrected chi connectivity index (χ4v) is 4.54. The number of anilines is 1. The van der Waals surface area contributed by atoms with Crippen molar-refractivity contribution >= 4 is 38.9 Å². The number of thiocarbonyl (C=S) groups is 1.